The molecule has 3 nitrogen and oxygen atoms in total. The van der Waals surface area contributed by atoms with E-state index in [9.17, 15) is 13.6 Å². The van der Waals surface area contributed by atoms with Crippen LogP contribution >= 0.6 is 0 Å². The van der Waals surface area contributed by atoms with Gasteiger partial charge in [0.1, 0.15) is 11.6 Å². The molecule has 2 atom stereocenters. The highest BCUT2D eigenvalue weighted by Gasteiger charge is 2.36. The Morgan fingerprint density at radius 3 is 2.62 bits per heavy atom. The third-order valence-corrected chi connectivity index (χ3v) is 2.86. The van der Waals surface area contributed by atoms with Gasteiger partial charge in [-0.1, -0.05) is 0 Å². The van der Waals surface area contributed by atoms with Crippen LogP contribution in [-0.4, -0.2) is 17.1 Å². The van der Waals surface area contributed by atoms with Gasteiger partial charge in [-0.25, -0.2) is 8.78 Å². The average molecular weight is 227 g/mol. The van der Waals surface area contributed by atoms with Gasteiger partial charge in [0.25, 0.3) is 0 Å². The highest BCUT2D eigenvalue weighted by Crippen LogP contribution is 2.31. The van der Waals surface area contributed by atoms with E-state index in [4.69, 9.17) is 5.11 Å². The van der Waals surface area contributed by atoms with E-state index in [0.717, 1.165) is 12.1 Å². The number of nitrogens with one attached hydrogen (secondary N) is 1. The minimum atomic E-state index is -0.883. The zero-order valence-corrected chi connectivity index (χ0v) is 8.41. The number of hydrogen-bond acceptors (Lipinski definition) is 2. The zero-order chi connectivity index (χ0) is 11.7. The fraction of sp³-hybridized carbons (Fsp3) is 0.364. The number of anilines is 1. The van der Waals surface area contributed by atoms with Gasteiger partial charge in [0.15, 0.2) is 0 Å². The molecule has 86 valence electrons. The summed E-state index contributed by atoms with van der Waals surface area (Å²) in [5, 5.41) is 11.6. The number of carbonyl (C=O) groups is 1. The van der Waals surface area contributed by atoms with Crippen molar-refractivity contribution in [3.05, 3.63) is 29.8 Å². The number of halogens is 2. The maximum Gasteiger partial charge on any atom is 0.308 e. The Labute approximate surface area is 91.1 Å². The number of hydrogen-bond donors (Lipinski definition) is 2. The first kappa shape index (κ1) is 10.9. The van der Waals surface area contributed by atoms with Crippen molar-refractivity contribution in [1.29, 1.82) is 0 Å². The lowest BCUT2D eigenvalue weighted by molar-refractivity contribution is -0.144. The molecule has 0 bridgehead atoms. The highest BCUT2D eigenvalue weighted by molar-refractivity contribution is 5.73. The van der Waals surface area contributed by atoms with Gasteiger partial charge in [0.2, 0.25) is 0 Å². The molecule has 1 aliphatic carbocycles. The number of rotatable bonds is 3. The molecule has 0 heterocycles. The molecule has 16 heavy (non-hydrogen) atoms. The summed E-state index contributed by atoms with van der Waals surface area (Å²) < 4.78 is 25.9. The Balaban J connectivity index is 2.07. The van der Waals surface area contributed by atoms with Crippen LogP contribution in [0.3, 0.4) is 0 Å². The maximum absolute atomic E-state index is 13.2. The summed E-state index contributed by atoms with van der Waals surface area (Å²) in [4.78, 5) is 10.7. The summed E-state index contributed by atoms with van der Waals surface area (Å²) in [6.07, 6.45) is 1.28. The van der Waals surface area contributed by atoms with Crippen LogP contribution in [0.25, 0.3) is 0 Å². The number of aliphatic carboxylic acids is 1. The van der Waals surface area contributed by atoms with Crippen LogP contribution in [0.4, 0.5) is 14.5 Å². The van der Waals surface area contributed by atoms with Gasteiger partial charge < -0.3 is 10.4 Å². The van der Waals surface area contributed by atoms with Gasteiger partial charge in [-0.15, -0.1) is 0 Å². The standard InChI is InChI=1S/C11H11F2NO2/c12-6-1-3-10(8(13)5-6)14-9-4-2-7(9)11(15)16/h1,3,5,7,9,14H,2,4H2,(H,15,16). The number of carboxylic acid groups (broad SMARTS) is 1. The van der Waals surface area contributed by atoms with Gasteiger partial charge in [-0.05, 0) is 25.0 Å². The van der Waals surface area contributed by atoms with E-state index >= 15 is 0 Å². The van der Waals surface area contributed by atoms with Crippen molar-refractivity contribution >= 4 is 11.7 Å². The van der Waals surface area contributed by atoms with Crippen molar-refractivity contribution in [2.45, 2.75) is 18.9 Å². The van der Waals surface area contributed by atoms with Crippen LogP contribution in [0.1, 0.15) is 12.8 Å². The van der Waals surface area contributed by atoms with Crippen LogP contribution in [-0.2, 0) is 4.79 Å². The maximum atomic E-state index is 13.2. The van der Waals surface area contributed by atoms with Gasteiger partial charge in [-0.2, -0.15) is 0 Å². The molecule has 2 N–H and O–H groups in total. The lowest BCUT2D eigenvalue weighted by Crippen LogP contribution is -2.43. The fourth-order valence-electron chi connectivity index (χ4n) is 1.77. The second-order valence-electron chi connectivity index (χ2n) is 3.90. The molecule has 1 aliphatic rings. The van der Waals surface area contributed by atoms with Crippen LogP contribution in [0, 0.1) is 17.6 Å². The van der Waals surface area contributed by atoms with Crippen molar-refractivity contribution in [3.63, 3.8) is 0 Å². The van der Waals surface area contributed by atoms with Crippen LogP contribution in [0.2, 0.25) is 0 Å². The Hall–Kier alpha value is -1.65. The third-order valence-electron chi connectivity index (χ3n) is 2.86. The molecule has 0 aliphatic heterocycles. The number of carboxylic acids is 1. The summed E-state index contributed by atoms with van der Waals surface area (Å²) in [6.45, 7) is 0. The van der Waals surface area contributed by atoms with Crippen molar-refractivity contribution in [2.24, 2.45) is 5.92 Å². The van der Waals surface area contributed by atoms with E-state index in [1.165, 1.54) is 6.07 Å². The summed E-state index contributed by atoms with van der Waals surface area (Å²) in [6, 6.07) is 2.93. The van der Waals surface area contributed by atoms with E-state index in [1.54, 1.807) is 0 Å². The summed E-state index contributed by atoms with van der Waals surface area (Å²) in [7, 11) is 0. The second kappa shape index (κ2) is 4.08. The van der Waals surface area contributed by atoms with Crippen molar-refractivity contribution in [3.8, 4) is 0 Å². The molecule has 5 heteroatoms. The molecule has 1 fully saturated rings. The first-order chi connectivity index (χ1) is 7.58. The molecule has 0 amide bonds. The van der Waals surface area contributed by atoms with Gasteiger partial charge in [-0.3, -0.25) is 4.79 Å². The van der Waals surface area contributed by atoms with E-state index < -0.39 is 23.5 Å². The molecule has 0 aromatic heterocycles. The molecule has 2 unspecified atom stereocenters. The Morgan fingerprint density at radius 2 is 2.12 bits per heavy atom. The van der Waals surface area contributed by atoms with E-state index in [2.05, 4.69) is 5.32 Å². The lowest BCUT2D eigenvalue weighted by atomic mass is 9.79. The third kappa shape index (κ3) is 1.98. The van der Waals surface area contributed by atoms with Crippen LogP contribution in [0.15, 0.2) is 18.2 Å². The van der Waals surface area contributed by atoms with Crippen molar-refractivity contribution < 1.29 is 18.7 Å². The normalized spacial score (nSPS) is 23.6. The number of benzene rings is 1. The molecule has 0 spiro atoms. The van der Waals surface area contributed by atoms with Gasteiger partial charge in [0, 0.05) is 12.1 Å². The molecule has 0 radical (unpaired) electrons. The molecule has 2 rings (SSSR count). The van der Waals surface area contributed by atoms with E-state index in [0.29, 0.717) is 12.8 Å². The van der Waals surface area contributed by atoms with Crippen molar-refractivity contribution in [2.75, 3.05) is 5.32 Å². The minimum Gasteiger partial charge on any atom is -0.481 e. The molecule has 1 aromatic carbocycles. The Kier molecular flexibility index (Phi) is 2.77. The smallest absolute Gasteiger partial charge is 0.308 e. The quantitative estimate of drug-likeness (QED) is 0.832. The molecule has 0 saturated heterocycles. The molecular formula is C11H11F2NO2. The van der Waals surface area contributed by atoms with Crippen LogP contribution in [0.5, 0.6) is 0 Å². The van der Waals surface area contributed by atoms with E-state index in [-0.39, 0.29) is 11.7 Å². The average Bonchev–Trinajstić information content (AvgIpc) is 2.13. The first-order valence-electron chi connectivity index (χ1n) is 5.02. The minimum absolute atomic E-state index is 0.150. The van der Waals surface area contributed by atoms with Gasteiger partial charge in [0.05, 0.1) is 11.6 Å². The summed E-state index contributed by atoms with van der Waals surface area (Å²) in [5.74, 6) is -2.71. The highest BCUT2D eigenvalue weighted by atomic mass is 19.1. The Bertz CT molecular complexity index is 422. The predicted molar refractivity (Wildman–Crippen MR) is 54.1 cm³/mol. The SMILES string of the molecule is O=C(O)C1CCC1Nc1ccc(F)cc1F. The monoisotopic (exact) mass is 227 g/mol. The largest absolute Gasteiger partial charge is 0.481 e. The van der Waals surface area contributed by atoms with Crippen molar-refractivity contribution in [1.82, 2.24) is 0 Å². The van der Waals surface area contributed by atoms with Gasteiger partial charge >= 0.3 is 5.97 Å². The fourth-order valence-corrected chi connectivity index (χ4v) is 1.77. The Morgan fingerprint density at radius 1 is 1.38 bits per heavy atom. The zero-order valence-electron chi connectivity index (χ0n) is 8.41. The molecule has 1 saturated carbocycles. The summed E-state index contributed by atoms with van der Waals surface area (Å²) in [5.41, 5.74) is 0.150. The van der Waals surface area contributed by atoms with Crippen LogP contribution < -0.4 is 5.32 Å². The predicted octanol–water partition coefficient (Wildman–Crippen LogP) is 2.24. The van der Waals surface area contributed by atoms with E-state index in [1.807, 2.05) is 0 Å². The first-order valence-corrected chi connectivity index (χ1v) is 5.02. The molecule has 1 aromatic rings. The summed E-state index contributed by atoms with van der Waals surface area (Å²) >= 11 is 0. The topological polar surface area (TPSA) is 49.3 Å². The lowest BCUT2D eigenvalue weighted by Gasteiger charge is -2.34. The molecular weight excluding hydrogens is 216 g/mol. The second-order valence-corrected chi connectivity index (χ2v) is 3.90.